The Bertz CT molecular complexity index is 663. The third-order valence-electron chi connectivity index (χ3n) is 3.54. The van der Waals surface area contributed by atoms with E-state index < -0.39 is 31.4 Å². The number of carbonyl (C=O) groups excluding carboxylic acids is 3. The van der Waals surface area contributed by atoms with Crippen molar-refractivity contribution in [2.75, 3.05) is 26.5 Å². The third-order valence-corrected chi connectivity index (χ3v) is 5.73. The van der Waals surface area contributed by atoms with Gasteiger partial charge in [0.25, 0.3) is 0 Å². The average Bonchev–Trinajstić information content (AvgIpc) is 2.65. The minimum absolute atomic E-state index is 0.0162. The second-order valence-corrected chi connectivity index (χ2v) is 7.62. The Morgan fingerprint density at radius 1 is 1.04 bits per heavy atom. The highest BCUT2D eigenvalue weighted by Gasteiger charge is 2.33. The maximum Gasteiger partial charge on any atom is 0.345 e. The molecule has 1 unspecified atom stereocenters. The molecule has 9 heteroatoms. The molecule has 8 nitrogen and oxygen atoms in total. The van der Waals surface area contributed by atoms with Gasteiger partial charge < -0.3 is 18.5 Å². The van der Waals surface area contributed by atoms with Gasteiger partial charge in [-0.3, -0.25) is 14.2 Å². The van der Waals surface area contributed by atoms with Gasteiger partial charge in [-0.05, 0) is 32.4 Å². The second kappa shape index (κ2) is 11.6. The minimum Gasteiger partial charge on any atom is -0.469 e. The molecule has 1 atom stereocenters. The predicted octanol–water partition coefficient (Wildman–Crippen LogP) is 3.21. The van der Waals surface area contributed by atoms with E-state index in [4.69, 9.17) is 18.5 Å². The summed E-state index contributed by atoms with van der Waals surface area (Å²) >= 11 is 0. The highest BCUT2D eigenvalue weighted by Crippen LogP contribution is 2.50. The number of esters is 3. The van der Waals surface area contributed by atoms with Crippen LogP contribution in [0.5, 0.6) is 0 Å². The van der Waals surface area contributed by atoms with E-state index in [9.17, 15) is 18.9 Å². The number of hydrogen-bond donors (Lipinski definition) is 0. The van der Waals surface area contributed by atoms with Crippen molar-refractivity contribution in [3.8, 4) is 0 Å². The second-order valence-electron chi connectivity index (χ2n) is 5.52. The zero-order chi connectivity index (χ0) is 20.3. The predicted molar refractivity (Wildman–Crippen MR) is 97.3 cm³/mol. The Balaban J connectivity index is 2.68. The highest BCUT2D eigenvalue weighted by molar-refractivity contribution is 7.53. The first-order valence-corrected chi connectivity index (χ1v) is 10.3. The molecule has 0 bridgehead atoms. The van der Waals surface area contributed by atoms with E-state index >= 15 is 0 Å². The van der Waals surface area contributed by atoms with Gasteiger partial charge in [0.15, 0.2) is 0 Å². The van der Waals surface area contributed by atoms with Gasteiger partial charge in [-0.2, -0.15) is 0 Å². The largest absolute Gasteiger partial charge is 0.469 e. The monoisotopic (exact) mass is 400 g/mol. The molecule has 0 saturated heterocycles. The van der Waals surface area contributed by atoms with Gasteiger partial charge in [0.1, 0.15) is 0 Å². The lowest BCUT2D eigenvalue weighted by Gasteiger charge is -2.21. The van der Waals surface area contributed by atoms with Gasteiger partial charge in [-0.25, -0.2) is 4.79 Å². The number of rotatable bonds is 11. The van der Waals surface area contributed by atoms with Crippen LogP contribution in [-0.2, 0) is 32.7 Å². The van der Waals surface area contributed by atoms with Crippen molar-refractivity contribution in [2.24, 2.45) is 5.92 Å². The van der Waals surface area contributed by atoms with E-state index in [1.54, 1.807) is 32.0 Å². The average molecular weight is 400 g/mol. The maximum absolute atomic E-state index is 12.6. The lowest BCUT2D eigenvalue weighted by molar-refractivity contribution is -0.145. The van der Waals surface area contributed by atoms with E-state index in [0.29, 0.717) is 0 Å². The summed E-state index contributed by atoms with van der Waals surface area (Å²) in [6.07, 6.45) is -0.463. The Morgan fingerprint density at radius 2 is 1.63 bits per heavy atom. The molecule has 1 rings (SSSR count). The topological polar surface area (TPSA) is 105 Å². The molecule has 0 amide bonds. The van der Waals surface area contributed by atoms with Crippen molar-refractivity contribution >= 4 is 25.5 Å². The van der Waals surface area contributed by atoms with Crippen LogP contribution >= 0.6 is 7.60 Å². The molecular formula is C18H25O8P. The molecule has 0 saturated carbocycles. The number of methoxy groups -OCH3 is 1. The van der Waals surface area contributed by atoms with E-state index in [0.717, 1.165) is 0 Å². The van der Waals surface area contributed by atoms with Crippen LogP contribution in [0.15, 0.2) is 30.3 Å². The number of carbonyl (C=O) groups is 3. The summed E-state index contributed by atoms with van der Waals surface area (Å²) in [7, 11) is -2.30. The maximum atomic E-state index is 12.6. The summed E-state index contributed by atoms with van der Waals surface area (Å²) < 4.78 is 32.5. The van der Waals surface area contributed by atoms with Crippen LogP contribution in [0.3, 0.4) is 0 Å². The molecule has 0 aliphatic carbocycles. The standard InChI is InChI=1S/C18H25O8P/c1-4-24-27(22,25-5-2)13-15(17(20)23-3)11-12-16(19)26-18(21)14-9-7-6-8-10-14/h6-10,15H,4-5,11-13H2,1-3H3. The van der Waals surface area contributed by atoms with Gasteiger partial charge in [0, 0.05) is 6.42 Å². The molecule has 0 radical (unpaired) electrons. The van der Waals surface area contributed by atoms with Crippen LogP contribution in [0.1, 0.15) is 37.0 Å². The van der Waals surface area contributed by atoms with Crippen LogP contribution < -0.4 is 0 Å². The summed E-state index contributed by atoms with van der Waals surface area (Å²) in [5, 5.41) is 0. The van der Waals surface area contributed by atoms with Crippen molar-refractivity contribution in [2.45, 2.75) is 26.7 Å². The van der Waals surface area contributed by atoms with Crippen LogP contribution in [-0.4, -0.2) is 44.4 Å². The highest BCUT2D eigenvalue weighted by atomic mass is 31.2. The molecule has 1 aromatic rings. The zero-order valence-electron chi connectivity index (χ0n) is 15.7. The fourth-order valence-corrected chi connectivity index (χ4v) is 4.28. The minimum atomic E-state index is -3.50. The summed E-state index contributed by atoms with van der Waals surface area (Å²) in [4.78, 5) is 35.8. The van der Waals surface area contributed by atoms with Gasteiger partial charge in [-0.1, -0.05) is 18.2 Å². The Hall–Kier alpha value is -2.02. The first-order chi connectivity index (χ1) is 12.8. The van der Waals surface area contributed by atoms with Gasteiger partial charge in [0.05, 0.1) is 38.0 Å². The SMILES string of the molecule is CCOP(=O)(CC(CCC(=O)OC(=O)c1ccccc1)C(=O)OC)OCC. The lowest BCUT2D eigenvalue weighted by Crippen LogP contribution is -2.23. The van der Waals surface area contributed by atoms with Crippen molar-refractivity contribution < 1.29 is 37.5 Å². The molecule has 0 fully saturated rings. The molecule has 150 valence electrons. The smallest absolute Gasteiger partial charge is 0.345 e. The van der Waals surface area contributed by atoms with Crippen LogP contribution in [0.4, 0.5) is 0 Å². The zero-order valence-corrected chi connectivity index (χ0v) is 16.6. The number of benzene rings is 1. The summed E-state index contributed by atoms with van der Waals surface area (Å²) in [6, 6.07) is 8.07. The third kappa shape index (κ3) is 8.03. The Morgan fingerprint density at radius 3 is 2.15 bits per heavy atom. The molecule has 0 aliphatic rings. The van der Waals surface area contributed by atoms with Gasteiger partial charge in [-0.15, -0.1) is 0 Å². The fraction of sp³-hybridized carbons (Fsp3) is 0.500. The van der Waals surface area contributed by atoms with Crippen molar-refractivity contribution in [1.29, 1.82) is 0 Å². The van der Waals surface area contributed by atoms with Crippen molar-refractivity contribution in [1.82, 2.24) is 0 Å². The quantitative estimate of drug-likeness (QED) is 0.317. The normalized spacial score (nSPS) is 12.3. The van der Waals surface area contributed by atoms with E-state index in [-0.39, 0.29) is 37.8 Å². The molecular weight excluding hydrogens is 375 g/mol. The van der Waals surface area contributed by atoms with Crippen LogP contribution in [0.2, 0.25) is 0 Å². The molecule has 27 heavy (non-hydrogen) atoms. The summed E-state index contributed by atoms with van der Waals surface area (Å²) in [5.74, 6) is -3.10. The van der Waals surface area contributed by atoms with E-state index in [1.165, 1.54) is 19.2 Å². The van der Waals surface area contributed by atoms with Crippen LogP contribution in [0, 0.1) is 5.92 Å². The molecule has 1 aromatic carbocycles. The Labute approximate surface area is 158 Å². The molecule has 0 aromatic heterocycles. The molecule has 0 aliphatic heterocycles. The van der Waals surface area contributed by atoms with Gasteiger partial charge in [0.2, 0.25) is 0 Å². The molecule has 0 heterocycles. The summed E-state index contributed by atoms with van der Waals surface area (Å²) in [6.45, 7) is 3.62. The number of hydrogen-bond acceptors (Lipinski definition) is 8. The first-order valence-electron chi connectivity index (χ1n) is 8.61. The van der Waals surface area contributed by atoms with Crippen molar-refractivity contribution in [3.05, 3.63) is 35.9 Å². The van der Waals surface area contributed by atoms with E-state index in [2.05, 4.69) is 0 Å². The molecule has 0 N–H and O–H groups in total. The fourth-order valence-electron chi connectivity index (χ4n) is 2.34. The summed E-state index contributed by atoms with van der Waals surface area (Å²) in [5.41, 5.74) is 0.243. The Kier molecular flexibility index (Phi) is 9.93. The first kappa shape index (κ1) is 23.0. The number of ether oxygens (including phenoxy) is 2. The lowest BCUT2D eigenvalue weighted by atomic mass is 10.1. The van der Waals surface area contributed by atoms with Crippen molar-refractivity contribution in [3.63, 3.8) is 0 Å². The van der Waals surface area contributed by atoms with Gasteiger partial charge >= 0.3 is 25.5 Å². The van der Waals surface area contributed by atoms with Crippen LogP contribution in [0.25, 0.3) is 0 Å². The van der Waals surface area contributed by atoms with E-state index in [1.807, 2.05) is 0 Å². The molecule has 0 spiro atoms.